The Morgan fingerprint density at radius 2 is 1.91 bits per heavy atom. The first-order valence-corrected chi connectivity index (χ1v) is 13.8. The number of benzene rings is 1. The number of carbonyl (C=O) groups excluding carboxylic acids is 2. The average molecular weight is 542 g/mol. The van der Waals surface area contributed by atoms with E-state index in [0.29, 0.717) is 15.8 Å². The minimum atomic E-state index is -1.35. The van der Waals surface area contributed by atoms with Crippen LogP contribution in [0.4, 0.5) is 5.69 Å². The van der Waals surface area contributed by atoms with Crippen molar-refractivity contribution in [2.45, 2.75) is 36.2 Å². The molecule has 1 amide bonds. The van der Waals surface area contributed by atoms with Gasteiger partial charge in [0, 0.05) is 0 Å². The SMILES string of the molecule is Cc1ccc(B(O)O)cc1.NCN[C@@H](C[Se]Sc1ccc([N+](=O)[O-])cn1)C(=O)CCC(N)=O. The summed E-state index contributed by atoms with van der Waals surface area (Å²) in [5.41, 5.74) is 12.0. The Labute approximate surface area is 201 Å². The van der Waals surface area contributed by atoms with E-state index in [0.717, 1.165) is 5.56 Å². The molecule has 1 atom stereocenters. The topological polar surface area (TPSA) is 195 Å². The molecule has 2 rings (SSSR count). The van der Waals surface area contributed by atoms with Gasteiger partial charge < -0.3 is 10.0 Å². The zero-order valence-corrected chi connectivity index (χ0v) is 20.4. The first-order chi connectivity index (χ1) is 15.6. The monoisotopic (exact) mass is 543 g/mol. The molecule has 0 bridgehead atoms. The fourth-order valence-corrected chi connectivity index (χ4v) is 6.11. The second-order valence-electron chi connectivity index (χ2n) is 6.66. The van der Waals surface area contributed by atoms with Crippen LogP contribution in [0.15, 0.2) is 47.6 Å². The summed E-state index contributed by atoms with van der Waals surface area (Å²) in [6.45, 7) is 2.11. The van der Waals surface area contributed by atoms with E-state index in [1.54, 1.807) is 18.2 Å². The van der Waals surface area contributed by atoms with Gasteiger partial charge >= 0.3 is 149 Å². The quantitative estimate of drug-likeness (QED) is 0.101. The molecular weight excluding hydrogens is 516 g/mol. The van der Waals surface area contributed by atoms with Gasteiger partial charge in [-0.2, -0.15) is 0 Å². The van der Waals surface area contributed by atoms with Crippen LogP contribution in [0.3, 0.4) is 0 Å². The summed E-state index contributed by atoms with van der Waals surface area (Å²) in [6.07, 6.45) is 1.31. The molecule has 14 heteroatoms. The summed E-state index contributed by atoms with van der Waals surface area (Å²) in [7, 11) is 0.0943. The van der Waals surface area contributed by atoms with Crippen molar-refractivity contribution in [1.29, 1.82) is 0 Å². The molecule has 0 aliphatic carbocycles. The van der Waals surface area contributed by atoms with Crippen molar-refractivity contribution in [3.05, 3.63) is 58.3 Å². The molecular formula is C19H26BN5O6SSe. The fraction of sp³-hybridized carbons (Fsp3) is 0.316. The molecule has 33 heavy (non-hydrogen) atoms. The Morgan fingerprint density at radius 1 is 1.24 bits per heavy atom. The summed E-state index contributed by atoms with van der Waals surface area (Å²) in [5.74, 6) is -0.617. The zero-order valence-electron chi connectivity index (χ0n) is 17.9. The van der Waals surface area contributed by atoms with Gasteiger partial charge in [-0.15, -0.1) is 0 Å². The van der Waals surface area contributed by atoms with E-state index in [-0.39, 0.29) is 44.8 Å². The number of aryl methyl sites for hydroxylation is 1. The number of nitrogens with one attached hydrogen (secondary N) is 1. The van der Waals surface area contributed by atoms with Crippen molar-refractivity contribution in [3.63, 3.8) is 0 Å². The van der Waals surface area contributed by atoms with Crippen LogP contribution in [-0.4, -0.2) is 65.3 Å². The van der Waals surface area contributed by atoms with Crippen molar-refractivity contribution < 1.29 is 24.6 Å². The van der Waals surface area contributed by atoms with Gasteiger partial charge in [0.15, 0.2) is 0 Å². The molecule has 0 aliphatic heterocycles. The average Bonchev–Trinajstić information content (AvgIpc) is 2.78. The van der Waals surface area contributed by atoms with Crippen molar-refractivity contribution in [1.82, 2.24) is 10.3 Å². The molecule has 7 N–H and O–H groups in total. The van der Waals surface area contributed by atoms with Crippen LogP contribution in [0.25, 0.3) is 0 Å². The third-order valence-corrected chi connectivity index (χ3v) is 8.10. The number of nitrogens with zero attached hydrogens (tertiary/aromatic N) is 2. The number of hydrogen-bond donors (Lipinski definition) is 5. The molecule has 1 heterocycles. The Balaban J connectivity index is 0.000000451. The van der Waals surface area contributed by atoms with Gasteiger partial charge in [0.1, 0.15) is 0 Å². The first kappa shape index (κ1) is 28.7. The van der Waals surface area contributed by atoms with Crippen LogP contribution in [0.5, 0.6) is 0 Å². The van der Waals surface area contributed by atoms with Crippen molar-refractivity contribution in [3.8, 4) is 0 Å². The number of nitrogens with two attached hydrogens (primary N) is 2. The van der Waals surface area contributed by atoms with Gasteiger partial charge in [-0.05, 0) is 12.4 Å². The van der Waals surface area contributed by atoms with Gasteiger partial charge in [-0.3, -0.25) is 0 Å². The Kier molecular flexibility index (Phi) is 13.5. The number of rotatable bonds is 12. The predicted molar refractivity (Wildman–Crippen MR) is 128 cm³/mol. The third kappa shape index (κ3) is 11.9. The molecule has 0 spiro atoms. The maximum absolute atomic E-state index is 12.0. The third-order valence-electron chi connectivity index (χ3n) is 4.06. The standard InChI is InChI=1S/C12H17N5O4SSe.C7H9BO2/c13-7-16-9(10(18)2-3-11(14)19)6-23-22-12-4-1-8(5-15-12)17(20)21;1-6-2-4-7(5-3-6)8(9)10/h1,4-5,9,16H,2-3,6-7,13H2,(H2,14,19);2-5,9-10H,1H3/t9-;/m0./s1. The van der Waals surface area contributed by atoms with Crippen molar-refractivity contribution in [2.24, 2.45) is 11.5 Å². The minimum absolute atomic E-state index is 0.0155. The Morgan fingerprint density at radius 3 is 2.39 bits per heavy atom. The normalized spacial score (nSPS) is 11.2. The van der Waals surface area contributed by atoms with E-state index in [9.17, 15) is 19.7 Å². The summed E-state index contributed by atoms with van der Waals surface area (Å²) in [4.78, 5) is 36.7. The number of nitro groups is 1. The molecule has 0 fully saturated rings. The second kappa shape index (κ2) is 15.5. The summed E-state index contributed by atoms with van der Waals surface area (Å²) in [5, 5.41) is 32.0. The molecule has 178 valence electrons. The summed E-state index contributed by atoms with van der Waals surface area (Å²) >= 11 is -0.0155. The second-order valence-corrected chi connectivity index (χ2v) is 10.7. The number of aromatic nitrogens is 1. The van der Waals surface area contributed by atoms with Gasteiger partial charge in [0.05, 0.1) is 0 Å². The van der Waals surface area contributed by atoms with E-state index in [4.69, 9.17) is 21.5 Å². The van der Waals surface area contributed by atoms with E-state index in [1.807, 2.05) is 19.1 Å². The molecule has 11 nitrogen and oxygen atoms in total. The van der Waals surface area contributed by atoms with Crippen molar-refractivity contribution >= 4 is 54.0 Å². The molecule has 0 unspecified atom stereocenters. The Hall–Kier alpha value is -2.32. The van der Waals surface area contributed by atoms with Gasteiger partial charge in [-0.25, -0.2) is 0 Å². The van der Waals surface area contributed by atoms with Gasteiger partial charge in [-0.1, -0.05) is 29.8 Å². The van der Waals surface area contributed by atoms with Crippen LogP contribution in [0, 0.1) is 17.0 Å². The number of ketones is 1. The number of amides is 1. The van der Waals surface area contributed by atoms with E-state index >= 15 is 0 Å². The van der Waals surface area contributed by atoms with Gasteiger partial charge in [0.2, 0.25) is 0 Å². The number of Topliss-reactive ketones (excluding diaryl/α,β-unsaturated/α-hetero) is 1. The molecule has 0 saturated carbocycles. The summed E-state index contributed by atoms with van der Waals surface area (Å²) in [6, 6.07) is 9.61. The summed E-state index contributed by atoms with van der Waals surface area (Å²) < 4.78 is 0. The van der Waals surface area contributed by atoms with E-state index in [1.165, 1.54) is 22.4 Å². The predicted octanol–water partition coefficient (Wildman–Crippen LogP) is -0.497. The van der Waals surface area contributed by atoms with E-state index < -0.39 is 24.0 Å². The molecule has 0 aliphatic rings. The molecule has 2 aromatic rings. The van der Waals surface area contributed by atoms with Crippen LogP contribution in [-0.2, 0) is 9.59 Å². The number of carbonyl (C=O) groups is 2. The maximum atomic E-state index is 12.0. The Bertz CT molecular complexity index is 905. The number of pyridine rings is 1. The van der Waals surface area contributed by atoms with E-state index in [2.05, 4.69) is 10.3 Å². The van der Waals surface area contributed by atoms with Crippen LogP contribution in [0.2, 0.25) is 5.32 Å². The van der Waals surface area contributed by atoms with Crippen LogP contribution >= 0.6 is 10.2 Å². The van der Waals surface area contributed by atoms with Crippen LogP contribution in [0.1, 0.15) is 18.4 Å². The first-order valence-electron chi connectivity index (χ1n) is 9.71. The number of hydrogen-bond acceptors (Lipinski definition) is 10. The fourth-order valence-electron chi connectivity index (χ4n) is 2.26. The van der Waals surface area contributed by atoms with Crippen LogP contribution < -0.4 is 22.2 Å². The molecule has 1 aromatic carbocycles. The van der Waals surface area contributed by atoms with Gasteiger partial charge in [0.25, 0.3) is 0 Å². The molecule has 1 aromatic heterocycles. The zero-order chi connectivity index (χ0) is 24.8. The number of primary amides is 1. The van der Waals surface area contributed by atoms with Crippen molar-refractivity contribution in [2.75, 3.05) is 6.67 Å². The molecule has 0 radical (unpaired) electrons. The molecule has 0 saturated heterocycles.